The molecule has 0 saturated carbocycles. The number of oxime groups is 1. The van der Waals surface area contributed by atoms with Crippen molar-refractivity contribution in [3.63, 3.8) is 0 Å². The molecule has 0 aromatic carbocycles. The second kappa shape index (κ2) is 3.66. The third-order valence-corrected chi connectivity index (χ3v) is 1.34. The monoisotopic (exact) mass is 160 g/mol. The largest absolute Gasteiger partial charge is 0.736 e. The molecule has 5 heteroatoms. The van der Waals surface area contributed by atoms with Crippen LogP contribution in [-0.2, 0) is 4.94 Å². The van der Waals surface area contributed by atoms with E-state index in [-0.39, 0.29) is 10.9 Å². The highest BCUT2D eigenvalue weighted by atomic mass is 17.0. The lowest BCUT2D eigenvalue weighted by molar-refractivity contribution is -0.266. The molecule has 0 aliphatic rings. The fourth-order valence-corrected chi connectivity index (χ4v) is 0.349. The van der Waals surface area contributed by atoms with Gasteiger partial charge in [-0.25, -0.2) is 5.01 Å². The van der Waals surface area contributed by atoms with Gasteiger partial charge in [-0.1, -0.05) is 5.16 Å². The zero-order valence-electron chi connectivity index (χ0n) is 7.37. The zero-order chi connectivity index (χ0) is 9.07. The Morgan fingerprint density at radius 3 is 2.18 bits per heavy atom. The van der Waals surface area contributed by atoms with Crippen molar-refractivity contribution in [2.24, 2.45) is 5.16 Å². The summed E-state index contributed by atoms with van der Waals surface area (Å²) in [7, 11) is 1.61. The van der Waals surface area contributed by atoms with Crippen molar-refractivity contribution < 1.29 is 4.94 Å². The Bertz CT molecular complexity index is 132. The Morgan fingerprint density at radius 2 is 1.91 bits per heavy atom. The minimum Gasteiger partial charge on any atom is -0.736 e. The van der Waals surface area contributed by atoms with Crippen LogP contribution in [0.25, 0.3) is 0 Å². The summed E-state index contributed by atoms with van der Waals surface area (Å²) in [4.78, 5) is 4.25. The van der Waals surface area contributed by atoms with Crippen LogP contribution in [-0.4, -0.2) is 29.6 Å². The van der Waals surface area contributed by atoms with E-state index in [4.69, 9.17) is 0 Å². The highest BCUT2D eigenvalue weighted by molar-refractivity contribution is 5.21. The molecule has 0 aromatic heterocycles. The molecule has 5 nitrogen and oxygen atoms in total. The first kappa shape index (κ1) is 10.3. The van der Waals surface area contributed by atoms with Crippen molar-refractivity contribution in [1.29, 1.82) is 0 Å². The van der Waals surface area contributed by atoms with Gasteiger partial charge in [0.2, 0.25) is 0 Å². The molecule has 0 radical (unpaired) electrons. The number of hydrogen-bond donors (Lipinski definition) is 0. The van der Waals surface area contributed by atoms with Gasteiger partial charge < -0.3 is 5.21 Å². The first-order valence-electron chi connectivity index (χ1n) is 3.23. The molecule has 0 bridgehead atoms. The number of hydrazine groups is 1. The second-order valence-electron chi connectivity index (χ2n) is 3.14. The van der Waals surface area contributed by atoms with Crippen LogP contribution in [0.1, 0.15) is 20.8 Å². The maximum absolute atomic E-state index is 10.9. The standard InChI is InChI=1S/C6H14N3O2/c1-6(2,3)8(5)9(10)11-7-4/h4H2,1-3,5H3/q-1. The summed E-state index contributed by atoms with van der Waals surface area (Å²) >= 11 is 0. The van der Waals surface area contributed by atoms with E-state index < -0.39 is 0 Å². The van der Waals surface area contributed by atoms with E-state index in [0.29, 0.717) is 0 Å². The molecule has 0 amide bonds. The predicted molar refractivity (Wildman–Crippen MR) is 43.4 cm³/mol. The Kier molecular flexibility index (Phi) is 3.44. The van der Waals surface area contributed by atoms with Crippen molar-refractivity contribution in [2.75, 3.05) is 7.05 Å². The fraction of sp³-hybridized carbons (Fsp3) is 0.833. The Labute approximate surface area is 66.7 Å². The van der Waals surface area contributed by atoms with E-state index in [0.717, 1.165) is 0 Å². The lowest BCUT2D eigenvalue weighted by Gasteiger charge is -2.41. The molecule has 0 aliphatic heterocycles. The molecular weight excluding hydrogens is 146 g/mol. The van der Waals surface area contributed by atoms with Crippen LogP contribution in [0.3, 0.4) is 0 Å². The molecule has 0 N–H and O–H groups in total. The van der Waals surface area contributed by atoms with Crippen molar-refractivity contribution in [1.82, 2.24) is 10.3 Å². The molecule has 0 fully saturated rings. The Morgan fingerprint density at radius 1 is 1.45 bits per heavy atom. The van der Waals surface area contributed by atoms with Gasteiger partial charge in [-0.3, -0.25) is 4.94 Å². The number of nitrogens with zero attached hydrogens (tertiary/aromatic N) is 3. The third kappa shape index (κ3) is 3.31. The molecule has 11 heavy (non-hydrogen) atoms. The minimum absolute atomic E-state index is 0.285. The second-order valence-corrected chi connectivity index (χ2v) is 3.14. The van der Waals surface area contributed by atoms with E-state index in [2.05, 4.69) is 16.8 Å². The first-order chi connectivity index (χ1) is 4.89. The van der Waals surface area contributed by atoms with Crippen LogP contribution >= 0.6 is 0 Å². The molecule has 0 rings (SSSR count). The molecule has 0 aliphatic carbocycles. The predicted octanol–water partition coefficient (Wildman–Crippen LogP) is 0.979. The normalized spacial score (nSPS) is 12.3. The van der Waals surface area contributed by atoms with Gasteiger partial charge in [0.25, 0.3) is 0 Å². The van der Waals surface area contributed by atoms with Gasteiger partial charge in [-0.05, 0) is 20.8 Å². The van der Waals surface area contributed by atoms with Gasteiger partial charge in [-0.15, -0.1) is 5.34 Å². The lowest BCUT2D eigenvalue weighted by atomic mass is 10.1. The van der Waals surface area contributed by atoms with Crippen molar-refractivity contribution >= 4 is 6.72 Å². The molecule has 0 saturated heterocycles. The molecule has 0 aromatic rings. The smallest absolute Gasteiger partial charge is 0.0326 e. The molecule has 0 heterocycles. The summed E-state index contributed by atoms with van der Waals surface area (Å²) in [6.07, 6.45) is 0. The van der Waals surface area contributed by atoms with Crippen LogP contribution in [0.4, 0.5) is 0 Å². The average molecular weight is 160 g/mol. The summed E-state index contributed by atoms with van der Waals surface area (Å²) in [5.74, 6) is 0. The van der Waals surface area contributed by atoms with Gasteiger partial charge in [0, 0.05) is 19.3 Å². The van der Waals surface area contributed by atoms with Gasteiger partial charge in [0.15, 0.2) is 0 Å². The van der Waals surface area contributed by atoms with Crippen LogP contribution < -0.4 is 0 Å². The highest BCUT2D eigenvalue weighted by Crippen LogP contribution is 2.12. The number of rotatable bonds is 3. The van der Waals surface area contributed by atoms with Gasteiger partial charge in [-0.2, -0.15) is 0 Å². The van der Waals surface area contributed by atoms with Crippen molar-refractivity contribution in [2.45, 2.75) is 26.3 Å². The maximum atomic E-state index is 10.9. The van der Waals surface area contributed by atoms with Crippen LogP contribution in [0.15, 0.2) is 5.16 Å². The molecular formula is C6H14N3O2-. The van der Waals surface area contributed by atoms with Crippen LogP contribution in [0, 0.1) is 5.21 Å². The molecule has 0 unspecified atom stereocenters. The SMILES string of the molecule is C=NON([O-])N(C)C(C)(C)C. The van der Waals surface area contributed by atoms with E-state index in [1.807, 2.05) is 20.8 Å². The Balaban J connectivity index is 4.01. The molecule has 0 atom stereocenters. The highest BCUT2D eigenvalue weighted by Gasteiger charge is 2.19. The summed E-state index contributed by atoms with van der Waals surface area (Å²) < 4.78 is 0. The van der Waals surface area contributed by atoms with E-state index in [1.165, 1.54) is 5.01 Å². The van der Waals surface area contributed by atoms with Crippen molar-refractivity contribution in [3.8, 4) is 0 Å². The van der Waals surface area contributed by atoms with Crippen molar-refractivity contribution in [3.05, 3.63) is 5.21 Å². The van der Waals surface area contributed by atoms with Gasteiger partial charge in [0.1, 0.15) is 0 Å². The Hall–Kier alpha value is -0.650. The fourth-order valence-electron chi connectivity index (χ4n) is 0.349. The number of hydrogen-bond acceptors (Lipinski definition) is 5. The average Bonchev–Trinajstić information content (AvgIpc) is 1.85. The summed E-state index contributed by atoms with van der Waals surface area (Å²) in [6.45, 7) is 8.66. The minimum atomic E-state index is -0.285. The first-order valence-corrected chi connectivity index (χ1v) is 3.23. The van der Waals surface area contributed by atoms with E-state index in [9.17, 15) is 5.21 Å². The summed E-state index contributed by atoms with van der Waals surface area (Å²) in [5, 5.41) is 15.5. The maximum Gasteiger partial charge on any atom is 0.0326 e. The van der Waals surface area contributed by atoms with Crippen LogP contribution in [0.2, 0.25) is 0 Å². The summed E-state index contributed by atoms with van der Waals surface area (Å²) in [6, 6.07) is 0. The lowest BCUT2D eigenvalue weighted by Crippen LogP contribution is -2.46. The van der Waals surface area contributed by atoms with Gasteiger partial charge in [0.05, 0.1) is 0 Å². The van der Waals surface area contributed by atoms with Crippen LogP contribution in [0.5, 0.6) is 0 Å². The quantitative estimate of drug-likeness (QED) is 0.456. The molecule has 0 spiro atoms. The third-order valence-electron chi connectivity index (χ3n) is 1.34. The topological polar surface area (TPSA) is 51.1 Å². The molecule has 66 valence electrons. The summed E-state index contributed by atoms with van der Waals surface area (Å²) in [5.41, 5.74) is -0.285. The van der Waals surface area contributed by atoms with E-state index >= 15 is 0 Å². The van der Waals surface area contributed by atoms with E-state index in [1.54, 1.807) is 7.05 Å². The zero-order valence-corrected chi connectivity index (χ0v) is 7.37. The van der Waals surface area contributed by atoms with Gasteiger partial charge >= 0.3 is 0 Å².